The van der Waals surface area contributed by atoms with Gasteiger partial charge in [-0.15, -0.1) is 0 Å². The number of carbonyl (C=O) groups is 1. The molecule has 164 valence electrons. The highest BCUT2D eigenvalue weighted by molar-refractivity contribution is 6.08. The Labute approximate surface area is 189 Å². The van der Waals surface area contributed by atoms with Crippen molar-refractivity contribution in [1.29, 1.82) is 5.26 Å². The monoisotopic (exact) mass is 427 g/mol. The molecule has 3 aromatic rings. The molecule has 0 saturated carbocycles. The van der Waals surface area contributed by atoms with Gasteiger partial charge in [0.05, 0.1) is 5.56 Å². The van der Waals surface area contributed by atoms with Crippen molar-refractivity contribution in [1.82, 2.24) is 10.6 Å². The van der Waals surface area contributed by atoms with Crippen LogP contribution < -0.4 is 15.4 Å². The van der Waals surface area contributed by atoms with Gasteiger partial charge < -0.3 is 15.4 Å². The van der Waals surface area contributed by atoms with E-state index in [-0.39, 0.29) is 23.0 Å². The van der Waals surface area contributed by atoms with Crippen molar-refractivity contribution in [3.8, 4) is 17.6 Å². The quantitative estimate of drug-likeness (QED) is 0.573. The maximum absolute atomic E-state index is 13.3. The number of rotatable bonds is 4. The van der Waals surface area contributed by atoms with E-state index in [9.17, 15) is 10.1 Å². The Kier molecular flexibility index (Phi) is 5.66. The average Bonchev–Trinajstić information content (AvgIpc) is 2.72. The second-order valence-electron chi connectivity index (χ2n) is 9.84. The molecule has 4 rings (SSSR count). The lowest BCUT2D eigenvalue weighted by Crippen LogP contribution is -2.62. The first-order valence-electron chi connectivity index (χ1n) is 11.0. The summed E-state index contributed by atoms with van der Waals surface area (Å²) in [6, 6.07) is 20.7. The highest BCUT2D eigenvalue weighted by Crippen LogP contribution is 2.34. The van der Waals surface area contributed by atoms with Crippen LogP contribution in [0.2, 0.25) is 0 Å². The van der Waals surface area contributed by atoms with Crippen LogP contribution in [0.3, 0.4) is 0 Å². The van der Waals surface area contributed by atoms with E-state index >= 15 is 0 Å². The zero-order valence-electron chi connectivity index (χ0n) is 19.0. The second kappa shape index (κ2) is 8.29. The number of para-hydroxylation sites is 1. The fraction of sp³-hybridized carbons (Fsp3) is 0.333. The molecule has 1 amide bonds. The lowest BCUT2D eigenvalue weighted by molar-refractivity contribution is 0.0875. The van der Waals surface area contributed by atoms with Crippen LogP contribution in [-0.4, -0.2) is 23.0 Å². The van der Waals surface area contributed by atoms with Crippen molar-refractivity contribution < 1.29 is 9.53 Å². The van der Waals surface area contributed by atoms with Gasteiger partial charge in [-0.2, -0.15) is 5.26 Å². The highest BCUT2D eigenvalue weighted by Gasteiger charge is 2.38. The number of nitrogens with zero attached hydrogens (tertiary/aromatic N) is 1. The molecule has 5 heteroatoms. The third-order valence-electron chi connectivity index (χ3n) is 5.88. The number of piperidine rings is 1. The number of benzene rings is 3. The number of nitriles is 1. The Morgan fingerprint density at radius 2 is 1.56 bits per heavy atom. The van der Waals surface area contributed by atoms with Crippen LogP contribution in [0.1, 0.15) is 56.5 Å². The second-order valence-corrected chi connectivity index (χ2v) is 9.84. The van der Waals surface area contributed by atoms with Crippen LogP contribution in [0.25, 0.3) is 10.8 Å². The molecule has 0 aliphatic carbocycles. The average molecular weight is 428 g/mol. The molecule has 2 N–H and O–H groups in total. The van der Waals surface area contributed by atoms with Gasteiger partial charge in [-0.25, -0.2) is 0 Å². The number of fused-ring (bicyclic) bond motifs is 1. The van der Waals surface area contributed by atoms with Gasteiger partial charge in [-0.1, -0.05) is 36.4 Å². The van der Waals surface area contributed by atoms with Crippen molar-refractivity contribution in [2.75, 3.05) is 0 Å². The predicted molar refractivity (Wildman–Crippen MR) is 127 cm³/mol. The van der Waals surface area contributed by atoms with Crippen LogP contribution in [0.15, 0.2) is 60.7 Å². The van der Waals surface area contributed by atoms with Gasteiger partial charge in [0.25, 0.3) is 5.91 Å². The van der Waals surface area contributed by atoms with Crippen LogP contribution >= 0.6 is 0 Å². The molecule has 0 bridgehead atoms. The molecule has 0 atom stereocenters. The Hall–Kier alpha value is -3.36. The third-order valence-corrected chi connectivity index (χ3v) is 5.88. The van der Waals surface area contributed by atoms with E-state index in [1.165, 1.54) is 0 Å². The first-order chi connectivity index (χ1) is 15.2. The van der Waals surface area contributed by atoms with Crippen molar-refractivity contribution in [3.63, 3.8) is 0 Å². The van der Waals surface area contributed by atoms with Gasteiger partial charge in [0.2, 0.25) is 0 Å². The summed E-state index contributed by atoms with van der Waals surface area (Å²) in [5, 5.41) is 17.9. The number of nitrogens with one attached hydrogen (secondary N) is 2. The van der Waals surface area contributed by atoms with Crippen molar-refractivity contribution in [2.45, 2.75) is 57.7 Å². The maximum atomic E-state index is 13.3. The number of amides is 1. The van der Waals surface area contributed by atoms with E-state index in [0.717, 1.165) is 23.6 Å². The van der Waals surface area contributed by atoms with Crippen LogP contribution in [0.5, 0.6) is 11.5 Å². The molecule has 0 radical (unpaired) electrons. The lowest BCUT2D eigenvalue weighted by Gasteiger charge is -2.46. The van der Waals surface area contributed by atoms with E-state index in [0.29, 0.717) is 22.6 Å². The summed E-state index contributed by atoms with van der Waals surface area (Å²) in [6.45, 7) is 8.70. The first kappa shape index (κ1) is 21.9. The number of hydrogen-bond acceptors (Lipinski definition) is 4. The molecule has 0 unspecified atom stereocenters. The summed E-state index contributed by atoms with van der Waals surface area (Å²) in [7, 11) is 0. The zero-order chi connectivity index (χ0) is 22.9. The standard InChI is InChI=1S/C27H29N3O2/c1-26(2)15-19(16-27(3,4)30-26)29-25(31)22-13-14-24(21-11-7-6-10-20(21)22)32-23-12-8-5-9-18(23)17-28/h5-14,19,30H,15-16H2,1-4H3,(H,29,31). The Bertz CT molecular complexity index is 1190. The molecule has 32 heavy (non-hydrogen) atoms. The summed E-state index contributed by atoms with van der Waals surface area (Å²) >= 11 is 0. The fourth-order valence-electron chi connectivity index (χ4n) is 5.01. The molecule has 0 aromatic heterocycles. The summed E-state index contributed by atoms with van der Waals surface area (Å²) in [5.74, 6) is 1.03. The van der Waals surface area contributed by atoms with Crippen molar-refractivity contribution in [2.24, 2.45) is 0 Å². The Morgan fingerprint density at radius 3 is 2.25 bits per heavy atom. The first-order valence-corrected chi connectivity index (χ1v) is 11.0. The molecule has 1 saturated heterocycles. The molecule has 1 aliphatic heterocycles. The molecule has 1 heterocycles. The Balaban J connectivity index is 1.64. The summed E-state index contributed by atoms with van der Waals surface area (Å²) in [5.41, 5.74) is 0.992. The minimum Gasteiger partial charge on any atom is -0.455 e. The van der Waals surface area contributed by atoms with Gasteiger partial charge in [-0.05, 0) is 70.2 Å². The number of carbonyl (C=O) groups excluding carboxylic acids is 1. The van der Waals surface area contributed by atoms with Crippen LogP contribution in [-0.2, 0) is 0 Å². The van der Waals surface area contributed by atoms with Gasteiger partial charge in [0, 0.05) is 28.1 Å². The van der Waals surface area contributed by atoms with Gasteiger partial charge >= 0.3 is 0 Å². The van der Waals surface area contributed by atoms with Crippen LogP contribution in [0.4, 0.5) is 0 Å². The smallest absolute Gasteiger partial charge is 0.252 e. The molecule has 3 aromatic carbocycles. The lowest BCUT2D eigenvalue weighted by atomic mass is 9.79. The normalized spacial score (nSPS) is 17.5. The van der Waals surface area contributed by atoms with E-state index in [1.807, 2.05) is 36.4 Å². The van der Waals surface area contributed by atoms with E-state index in [4.69, 9.17) is 4.74 Å². The van der Waals surface area contributed by atoms with E-state index in [2.05, 4.69) is 44.4 Å². The zero-order valence-corrected chi connectivity index (χ0v) is 19.0. The Morgan fingerprint density at radius 1 is 0.938 bits per heavy atom. The fourth-order valence-corrected chi connectivity index (χ4v) is 5.01. The third kappa shape index (κ3) is 4.61. The molecule has 5 nitrogen and oxygen atoms in total. The van der Waals surface area contributed by atoms with Gasteiger partial charge in [0.15, 0.2) is 0 Å². The molecular formula is C27H29N3O2. The topological polar surface area (TPSA) is 74.1 Å². The molecule has 0 spiro atoms. The van der Waals surface area contributed by atoms with Crippen molar-refractivity contribution in [3.05, 3.63) is 71.8 Å². The van der Waals surface area contributed by atoms with Gasteiger partial charge in [-0.3, -0.25) is 4.79 Å². The highest BCUT2D eigenvalue weighted by atomic mass is 16.5. The molecule has 1 fully saturated rings. The van der Waals surface area contributed by atoms with E-state index < -0.39 is 0 Å². The van der Waals surface area contributed by atoms with E-state index in [1.54, 1.807) is 24.3 Å². The minimum atomic E-state index is -0.0799. The summed E-state index contributed by atoms with van der Waals surface area (Å²) in [4.78, 5) is 13.3. The summed E-state index contributed by atoms with van der Waals surface area (Å²) in [6.07, 6.45) is 1.73. The van der Waals surface area contributed by atoms with Crippen LogP contribution in [0, 0.1) is 11.3 Å². The SMILES string of the molecule is CC1(C)CC(NC(=O)c2ccc(Oc3ccccc3C#N)c3ccccc23)CC(C)(C)N1. The minimum absolute atomic E-state index is 0.0480. The molecule has 1 aliphatic rings. The number of ether oxygens (including phenoxy) is 1. The molecular weight excluding hydrogens is 398 g/mol. The predicted octanol–water partition coefficient (Wildman–Crippen LogP) is 5.54. The van der Waals surface area contributed by atoms with Crippen molar-refractivity contribution >= 4 is 16.7 Å². The summed E-state index contributed by atoms with van der Waals surface area (Å²) < 4.78 is 6.09. The maximum Gasteiger partial charge on any atom is 0.252 e. The number of hydrogen-bond donors (Lipinski definition) is 2. The largest absolute Gasteiger partial charge is 0.455 e. The van der Waals surface area contributed by atoms with Gasteiger partial charge in [0.1, 0.15) is 17.6 Å².